The Hall–Kier alpha value is -1.14. The molecule has 1 amide bonds. The van der Waals surface area contributed by atoms with Crippen LogP contribution in [-0.2, 0) is 14.3 Å². The maximum atomic E-state index is 11.6. The van der Waals surface area contributed by atoms with E-state index in [0.29, 0.717) is 0 Å². The first-order chi connectivity index (χ1) is 8.97. The van der Waals surface area contributed by atoms with Gasteiger partial charge in [0, 0.05) is 12.1 Å². The zero-order chi connectivity index (χ0) is 14.4. The largest absolute Gasteiger partial charge is 0.469 e. The highest BCUT2D eigenvalue weighted by molar-refractivity contribution is 5.76. The molecule has 1 aliphatic heterocycles. The minimum Gasteiger partial charge on any atom is -0.469 e. The van der Waals surface area contributed by atoms with Crippen LogP contribution in [-0.4, -0.2) is 55.6 Å². The SMILES string of the molecule is COC(=O)C(C)C(C)N(CC(N)=O)C1CCNCC1. The number of nitrogens with one attached hydrogen (secondary N) is 1. The number of primary amides is 1. The van der Waals surface area contributed by atoms with E-state index in [2.05, 4.69) is 5.32 Å². The van der Waals surface area contributed by atoms with Gasteiger partial charge in [-0.2, -0.15) is 0 Å². The summed E-state index contributed by atoms with van der Waals surface area (Å²) in [7, 11) is 1.38. The normalized spacial score (nSPS) is 20.0. The van der Waals surface area contributed by atoms with E-state index in [9.17, 15) is 9.59 Å². The van der Waals surface area contributed by atoms with Gasteiger partial charge in [-0.15, -0.1) is 0 Å². The molecule has 0 bridgehead atoms. The Morgan fingerprint density at radius 2 is 1.95 bits per heavy atom. The van der Waals surface area contributed by atoms with Crippen LogP contribution < -0.4 is 11.1 Å². The van der Waals surface area contributed by atoms with E-state index in [1.807, 2.05) is 18.7 Å². The molecule has 0 radical (unpaired) electrons. The van der Waals surface area contributed by atoms with Crippen LogP contribution in [0.15, 0.2) is 0 Å². The number of nitrogens with two attached hydrogens (primary N) is 1. The summed E-state index contributed by atoms with van der Waals surface area (Å²) < 4.78 is 4.78. The minimum absolute atomic E-state index is 0.0666. The fraction of sp³-hybridized carbons (Fsp3) is 0.846. The lowest BCUT2D eigenvalue weighted by atomic mass is 9.96. The van der Waals surface area contributed by atoms with Crippen molar-refractivity contribution in [2.45, 2.75) is 38.8 Å². The average Bonchev–Trinajstić information content (AvgIpc) is 2.43. The third-order valence-corrected chi connectivity index (χ3v) is 3.94. The molecule has 110 valence electrons. The number of esters is 1. The van der Waals surface area contributed by atoms with Crippen molar-refractivity contribution in [3.8, 4) is 0 Å². The molecule has 0 aliphatic carbocycles. The molecule has 0 spiro atoms. The van der Waals surface area contributed by atoms with Gasteiger partial charge in [0.05, 0.1) is 19.6 Å². The summed E-state index contributed by atoms with van der Waals surface area (Å²) in [5, 5.41) is 3.29. The van der Waals surface area contributed by atoms with E-state index in [4.69, 9.17) is 10.5 Å². The molecular weight excluding hydrogens is 246 g/mol. The molecule has 1 aliphatic rings. The van der Waals surface area contributed by atoms with Crippen LogP contribution in [0.25, 0.3) is 0 Å². The topological polar surface area (TPSA) is 84.7 Å². The molecule has 1 heterocycles. The van der Waals surface area contributed by atoms with Gasteiger partial charge in [0.1, 0.15) is 0 Å². The minimum atomic E-state index is -0.359. The highest BCUT2D eigenvalue weighted by Crippen LogP contribution is 2.20. The number of methoxy groups -OCH3 is 1. The fourth-order valence-corrected chi connectivity index (χ4v) is 2.59. The molecule has 1 fully saturated rings. The van der Waals surface area contributed by atoms with Crippen molar-refractivity contribution < 1.29 is 14.3 Å². The Morgan fingerprint density at radius 3 is 2.42 bits per heavy atom. The second kappa shape index (κ2) is 7.45. The monoisotopic (exact) mass is 271 g/mol. The molecule has 1 saturated heterocycles. The molecule has 0 aromatic heterocycles. The summed E-state index contributed by atoms with van der Waals surface area (Å²) in [5.41, 5.74) is 5.33. The molecule has 0 aromatic carbocycles. The molecule has 19 heavy (non-hydrogen) atoms. The molecule has 2 unspecified atom stereocenters. The van der Waals surface area contributed by atoms with Crippen molar-refractivity contribution in [1.82, 2.24) is 10.2 Å². The lowest BCUT2D eigenvalue weighted by Crippen LogP contribution is -2.53. The lowest BCUT2D eigenvalue weighted by molar-refractivity contribution is -0.148. The first kappa shape index (κ1) is 15.9. The van der Waals surface area contributed by atoms with Gasteiger partial charge in [0.25, 0.3) is 0 Å². The van der Waals surface area contributed by atoms with E-state index in [1.54, 1.807) is 0 Å². The van der Waals surface area contributed by atoms with Crippen molar-refractivity contribution in [2.75, 3.05) is 26.7 Å². The van der Waals surface area contributed by atoms with Crippen LogP contribution in [0.1, 0.15) is 26.7 Å². The van der Waals surface area contributed by atoms with Gasteiger partial charge in [-0.25, -0.2) is 0 Å². The molecule has 0 saturated carbocycles. The maximum absolute atomic E-state index is 11.6. The third kappa shape index (κ3) is 4.47. The Balaban J connectivity index is 2.76. The van der Waals surface area contributed by atoms with Gasteiger partial charge >= 0.3 is 5.97 Å². The smallest absolute Gasteiger partial charge is 0.309 e. The number of ether oxygens (including phenoxy) is 1. The number of carbonyl (C=O) groups is 2. The Morgan fingerprint density at radius 1 is 1.37 bits per heavy atom. The molecule has 0 aromatic rings. The Kier molecular flexibility index (Phi) is 6.24. The van der Waals surface area contributed by atoms with Crippen molar-refractivity contribution in [2.24, 2.45) is 11.7 Å². The van der Waals surface area contributed by atoms with Gasteiger partial charge in [-0.1, -0.05) is 6.92 Å². The molecule has 1 rings (SSSR count). The zero-order valence-corrected chi connectivity index (χ0v) is 12.0. The number of carbonyl (C=O) groups excluding carboxylic acids is 2. The Bertz CT molecular complexity index is 316. The van der Waals surface area contributed by atoms with E-state index >= 15 is 0 Å². The fourth-order valence-electron chi connectivity index (χ4n) is 2.59. The van der Waals surface area contributed by atoms with E-state index in [-0.39, 0.29) is 36.4 Å². The lowest BCUT2D eigenvalue weighted by Gasteiger charge is -2.39. The summed E-state index contributed by atoms with van der Waals surface area (Å²) in [4.78, 5) is 25.0. The molecule has 2 atom stereocenters. The van der Waals surface area contributed by atoms with Crippen LogP contribution >= 0.6 is 0 Å². The first-order valence-corrected chi connectivity index (χ1v) is 6.80. The number of nitrogens with zero attached hydrogens (tertiary/aromatic N) is 1. The zero-order valence-electron chi connectivity index (χ0n) is 12.0. The average molecular weight is 271 g/mol. The van der Waals surface area contributed by atoms with Gasteiger partial charge in [-0.3, -0.25) is 14.5 Å². The van der Waals surface area contributed by atoms with Crippen LogP contribution in [0, 0.1) is 5.92 Å². The van der Waals surface area contributed by atoms with Gasteiger partial charge < -0.3 is 15.8 Å². The Labute approximate surface area is 114 Å². The first-order valence-electron chi connectivity index (χ1n) is 6.80. The van der Waals surface area contributed by atoms with E-state index in [0.717, 1.165) is 25.9 Å². The maximum Gasteiger partial charge on any atom is 0.309 e. The summed E-state index contributed by atoms with van der Waals surface area (Å²) in [5.74, 6) is -0.891. The second-order valence-electron chi connectivity index (χ2n) is 5.17. The predicted octanol–water partition coefficient (Wildman–Crippen LogP) is -0.277. The number of hydrogen-bond acceptors (Lipinski definition) is 5. The van der Waals surface area contributed by atoms with Crippen LogP contribution in [0.3, 0.4) is 0 Å². The summed E-state index contributed by atoms with van der Waals surface area (Å²) >= 11 is 0. The van der Waals surface area contributed by atoms with Crippen LogP contribution in [0.4, 0.5) is 0 Å². The van der Waals surface area contributed by atoms with Crippen molar-refractivity contribution in [1.29, 1.82) is 0 Å². The third-order valence-electron chi connectivity index (χ3n) is 3.94. The predicted molar refractivity (Wildman–Crippen MR) is 72.4 cm³/mol. The van der Waals surface area contributed by atoms with Crippen LogP contribution in [0.5, 0.6) is 0 Å². The molecule has 6 nitrogen and oxygen atoms in total. The highest BCUT2D eigenvalue weighted by Gasteiger charge is 2.32. The second-order valence-corrected chi connectivity index (χ2v) is 5.17. The number of amides is 1. The summed E-state index contributed by atoms with van der Waals surface area (Å²) in [6, 6.07) is 0.221. The molecule has 3 N–H and O–H groups in total. The van der Waals surface area contributed by atoms with Crippen molar-refractivity contribution in [3.63, 3.8) is 0 Å². The quantitative estimate of drug-likeness (QED) is 0.649. The highest BCUT2D eigenvalue weighted by atomic mass is 16.5. The van der Waals surface area contributed by atoms with Crippen LogP contribution in [0.2, 0.25) is 0 Å². The number of hydrogen-bond donors (Lipinski definition) is 2. The standard InChI is InChI=1S/C13H25N3O3/c1-9(13(18)19-3)10(2)16(8-12(14)17)11-4-6-15-7-5-11/h9-11,15H,4-8H2,1-3H3,(H2,14,17). The van der Waals surface area contributed by atoms with Gasteiger partial charge in [0.2, 0.25) is 5.91 Å². The van der Waals surface area contributed by atoms with Gasteiger partial charge in [-0.05, 0) is 32.9 Å². The van der Waals surface area contributed by atoms with Crippen molar-refractivity contribution in [3.05, 3.63) is 0 Å². The summed E-state index contributed by atoms with van der Waals surface area (Å²) in [6.07, 6.45) is 1.93. The van der Waals surface area contributed by atoms with E-state index in [1.165, 1.54) is 7.11 Å². The van der Waals surface area contributed by atoms with Crippen molar-refractivity contribution >= 4 is 11.9 Å². The van der Waals surface area contributed by atoms with E-state index < -0.39 is 0 Å². The van der Waals surface area contributed by atoms with Gasteiger partial charge in [0.15, 0.2) is 0 Å². The molecule has 6 heteroatoms. The summed E-state index contributed by atoms with van der Waals surface area (Å²) in [6.45, 7) is 5.82. The number of rotatable bonds is 6. The number of piperidine rings is 1. The molecular formula is C13H25N3O3.